The zero-order chi connectivity index (χ0) is 14.7. The molecule has 0 heterocycles. The van der Waals surface area contributed by atoms with Gasteiger partial charge in [-0.2, -0.15) is 5.26 Å². The molecule has 0 spiro atoms. The van der Waals surface area contributed by atoms with E-state index in [1.54, 1.807) is 18.2 Å². The Bertz CT molecular complexity index is 679. The number of hydrogen-bond donors (Lipinski definition) is 1. The normalized spacial score (nSPS) is 10.1. The Hall–Kier alpha value is -2.06. The SMILES string of the molecule is CN(Cc1cccc(C#N)c1F)c1ccc(Br)cc1N. The molecule has 5 heteroatoms. The topological polar surface area (TPSA) is 53.0 Å². The van der Waals surface area contributed by atoms with E-state index in [0.717, 1.165) is 10.2 Å². The first-order valence-electron chi connectivity index (χ1n) is 5.96. The summed E-state index contributed by atoms with van der Waals surface area (Å²) in [6.07, 6.45) is 0. The van der Waals surface area contributed by atoms with E-state index in [4.69, 9.17) is 11.0 Å². The van der Waals surface area contributed by atoms with Gasteiger partial charge in [-0.3, -0.25) is 0 Å². The lowest BCUT2D eigenvalue weighted by Gasteiger charge is -2.21. The second kappa shape index (κ2) is 5.93. The van der Waals surface area contributed by atoms with Crippen LogP contribution in [-0.4, -0.2) is 7.05 Å². The van der Waals surface area contributed by atoms with Crippen molar-refractivity contribution in [3.05, 3.63) is 57.8 Å². The van der Waals surface area contributed by atoms with E-state index in [1.807, 2.05) is 30.1 Å². The van der Waals surface area contributed by atoms with Gasteiger partial charge >= 0.3 is 0 Å². The van der Waals surface area contributed by atoms with Crippen molar-refractivity contribution >= 4 is 27.3 Å². The molecule has 0 aliphatic heterocycles. The van der Waals surface area contributed by atoms with Crippen molar-refractivity contribution in [3.63, 3.8) is 0 Å². The van der Waals surface area contributed by atoms with Crippen LogP contribution in [0, 0.1) is 17.1 Å². The molecular weight excluding hydrogens is 321 g/mol. The average Bonchev–Trinajstić information content (AvgIpc) is 2.41. The Morgan fingerprint density at radius 2 is 2.10 bits per heavy atom. The fourth-order valence-corrected chi connectivity index (χ4v) is 2.38. The molecule has 20 heavy (non-hydrogen) atoms. The zero-order valence-corrected chi connectivity index (χ0v) is 12.5. The Labute approximate surface area is 125 Å². The minimum Gasteiger partial charge on any atom is -0.397 e. The molecule has 0 unspecified atom stereocenters. The van der Waals surface area contributed by atoms with Crippen LogP contribution in [0.25, 0.3) is 0 Å². The van der Waals surface area contributed by atoms with E-state index in [9.17, 15) is 4.39 Å². The van der Waals surface area contributed by atoms with E-state index in [-0.39, 0.29) is 5.56 Å². The number of nitrogens with zero attached hydrogens (tertiary/aromatic N) is 2. The molecule has 0 radical (unpaired) electrons. The number of nitrogens with two attached hydrogens (primary N) is 1. The summed E-state index contributed by atoms with van der Waals surface area (Å²) in [6.45, 7) is 0.340. The highest BCUT2D eigenvalue weighted by atomic mass is 79.9. The second-order valence-corrected chi connectivity index (χ2v) is 5.37. The molecule has 0 aliphatic rings. The van der Waals surface area contributed by atoms with Gasteiger partial charge in [-0.05, 0) is 24.3 Å². The number of nitriles is 1. The Morgan fingerprint density at radius 1 is 1.35 bits per heavy atom. The van der Waals surface area contributed by atoms with Gasteiger partial charge in [-0.15, -0.1) is 0 Å². The second-order valence-electron chi connectivity index (χ2n) is 4.45. The Morgan fingerprint density at radius 3 is 2.75 bits per heavy atom. The Balaban J connectivity index is 2.28. The van der Waals surface area contributed by atoms with Crippen molar-refractivity contribution in [1.29, 1.82) is 5.26 Å². The minimum atomic E-state index is -0.475. The van der Waals surface area contributed by atoms with Gasteiger partial charge < -0.3 is 10.6 Å². The van der Waals surface area contributed by atoms with Crippen LogP contribution in [0.2, 0.25) is 0 Å². The molecule has 0 amide bonds. The third-order valence-corrected chi connectivity index (χ3v) is 3.50. The van der Waals surface area contributed by atoms with Crippen molar-refractivity contribution < 1.29 is 4.39 Å². The number of rotatable bonds is 3. The van der Waals surface area contributed by atoms with Crippen LogP contribution in [0.3, 0.4) is 0 Å². The summed E-state index contributed by atoms with van der Waals surface area (Å²) in [5.74, 6) is -0.475. The first-order valence-corrected chi connectivity index (χ1v) is 6.76. The third-order valence-electron chi connectivity index (χ3n) is 3.01. The van der Waals surface area contributed by atoms with E-state index in [0.29, 0.717) is 17.8 Å². The van der Waals surface area contributed by atoms with Crippen molar-refractivity contribution in [1.82, 2.24) is 0 Å². The largest absolute Gasteiger partial charge is 0.397 e. The van der Waals surface area contributed by atoms with Crippen LogP contribution >= 0.6 is 15.9 Å². The summed E-state index contributed by atoms with van der Waals surface area (Å²) in [6, 6.07) is 12.2. The highest BCUT2D eigenvalue weighted by Gasteiger charge is 2.12. The van der Waals surface area contributed by atoms with Crippen LogP contribution in [0.4, 0.5) is 15.8 Å². The fraction of sp³-hybridized carbons (Fsp3) is 0.133. The van der Waals surface area contributed by atoms with Crippen LogP contribution in [0.1, 0.15) is 11.1 Å². The molecule has 0 bridgehead atoms. The number of anilines is 2. The van der Waals surface area contributed by atoms with Crippen LogP contribution in [0.15, 0.2) is 40.9 Å². The molecule has 0 aliphatic carbocycles. The van der Waals surface area contributed by atoms with E-state index in [1.165, 1.54) is 6.07 Å². The molecule has 2 aromatic rings. The van der Waals surface area contributed by atoms with Gasteiger partial charge in [0, 0.05) is 23.6 Å². The van der Waals surface area contributed by atoms with Gasteiger partial charge in [0.15, 0.2) is 0 Å². The summed E-state index contributed by atoms with van der Waals surface area (Å²) >= 11 is 3.35. The highest BCUT2D eigenvalue weighted by Crippen LogP contribution is 2.27. The lowest BCUT2D eigenvalue weighted by atomic mass is 10.1. The highest BCUT2D eigenvalue weighted by molar-refractivity contribution is 9.10. The number of nitrogen functional groups attached to an aromatic ring is 1. The molecule has 2 aromatic carbocycles. The molecule has 3 nitrogen and oxygen atoms in total. The molecule has 0 aromatic heterocycles. The molecule has 2 N–H and O–H groups in total. The number of hydrogen-bond acceptors (Lipinski definition) is 3. The average molecular weight is 334 g/mol. The first kappa shape index (κ1) is 14.4. The smallest absolute Gasteiger partial charge is 0.145 e. The summed E-state index contributed by atoms with van der Waals surface area (Å²) < 4.78 is 14.9. The summed E-state index contributed by atoms with van der Waals surface area (Å²) in [5, 5.41) is 8.84. The third kappa shape index (κ3) is 2.91. The van der Waals surface area contributed by atoms with Gasteiger partial charge in [0.05, 0.1) is 16.9 Å². The number of halogens is 2. The van der Waals surface area contributed by atoms with Crippen molar-refractivity contribution in [2.75, 3.05) is 17.7 Å². The fourth-order valence-electron chi connectivity index (χ4n) is 2.00. The molecule has 0 atom stereocenters. The van der Waals surface area contributed by atoms with Crippen LogP contribution in [-0.2, 0) is 6.54 Å². The summed E-state index contributed by atoms with van der Waals surface area (Å²) in [4.78, 5) is 1.85. The molecule has 102 valence electrons. The van der Waals surface area contributed by atoms with Crippen LogP contribution < -0.4 is 10.6 Å². The lowest BCUT2D eigenvalue weighted by molar-refractivity contribution is 0.604. The van der Waals surface area contributed by atoms with Crippen LogP contribution in [0.5, 0.6) is 0 Å². The standard InChI is InChI=1S/C15H13BrFN3/c1-20(14-6-5-12(16)7-13(14)19)9-11-4-2-3-10(8-18)15(11)17/h2-7H,9,19H2,1H3. The maximum atomic E-state index is 14.0. The molecule has 2 rings (SSSR count). The van der Waals surface area contributed by atoms with Gasteiger partial charge in [0.25, 0.3) is 0 Å². The minimum absolute atomic E-state index is 0.0553. The first-order chi connectivity index (χ1) is 9.52. The quantitative estimate of drug-likeness (QED) is 0.871. The van der Waals surface area contributed by atoms with Gasteiger partial charge in [-0.25, -0.2) is 4.39 Å². The van der Waals surface area contributed by atoms with E-state index < -0.39 is 5.82 Å². The summed E-state index contributed by atoms with van der Waals surface area (Å²) in [7, 11) is 1.83. The molecule has 0 saturated heterocycles. The monoisotopic (exact) mass is 333 g/mol. The van der Waals surface area contributed by atoms with Gasteiger partial charge in [-0.1, -0.05) is 28.1 Å². The van der Waals surface area contributed by atoms with Crippen molar-refractivity contribution in [2.45, 2.75) is 6.54 Å². The zero-order valence-electron chi connectivity index (χ0n) is 10.9. The molecule has 0 saturated carbocycles. The van der Waals surface area contributed by atoms with E-state index >= 15 is 0 Å². The Kier molecular flexibility index (Phi) is 4.26. The number of benzene rings is 2. The van der Waals surface area contributed by atoms with Gasteiger partial charge in [0.1, 0.15) is 11.9 Å². The van der Waals surface area contributed by atoms with E-state index in [2.05, 4.69) is 15.9 Å². The van der Waals surface area contributed by atoms with Gasteiger partial charge in [0.2, 0.25) is 0 Å². The lowest BCUT2D eigenvalue weighted by Crippen LogP contribution is -2.18. The molecular formula is C15H13BrFN3. The van der Waals surface area contributed by atoms with Crippen molar-refractivity contribution in [3.8, 4) is 6.07 Å². The molecule has 0 fully saturated rings. The summed E-state index contributed by atoms with van der Waals surface area (Å²) in [5.41, 5.74) is 7.90. The predicted octanol–water partition coefficient (Wildman–Crippen LogP) is 3.68. The maximum absolute atomic E-state index is 14.0. The predicted molar refractivity (Wildman–Crippen MR) is 81.8 cm³/mol. The maximum Gasteiger partial charge on any atom is 0.145 e. The van der Waals surface area contributed by atoms with Crippen molar-refractivity contribution in [2.24, 2.45) is 0 Å².